The van der Waals surface area contributed by atoms with E-state index in [1.807, 2.05) is 0 Å². The van der Waals surface area contributed by atoms with Crippen LogP contribution in [0.3, 0.4) is 0 Å². The van der Waals surface area contributed by atoms with E-state index in [0.717, 1.165) is 12.8 Å². The number of amides is 3. The summed E-state index contributed by atoms with van der Waals surface area (Å²) in [5, 5.41) is 3.23. The van der Waals surface area contributed by atoms with Crippen LogP contribution in [-0.4, -0.2) is 60.2 Å². The minimum absolute atomic E-state index is 0.0318. The monoisotopic (exact) mass is 419 g/mol. The van der Waals surface area contributed by atoms with Crippen LogP contribution < -0.4 is 5.32 Å². The number of benzene rings is 1. The fourth-order valence-corrected chi connectivity index (χ4v) is 4.40. The third kappa shape index (κ3) is 6.20. The summed E-state index contributed by atoms with van der Waals surface area (Å²) in [7, 11) is 0. The van der Waals surface area contributed by atoms with E-state index < -0.39 is 0 Å². The Bertz CT molecular complexity index is 734. The summed E-state index contributed by atoms with van der Waals surface area (Å²) in [6, 6.07) is 7.02. The molecular formula is C22H30ClN3O3. The molecule has 1 aromatic carbocycles. The Morgan fingerprint density at radius 1 is 0.931 bits per heavy atom. The highest BCUT2D eigenvalue weighted by molar-refractivity contribution is 6.33. The van der Waals surface area contributed by atoms with Crippen LogP contribution in [0.2, 0.25) is 5.02 Å². The van der Waals surface area contributed by atoms with Crippen molar-refractivity contribution in [2.24, 2.45) is 5.92 Å². The molecule has 0 bridgehead atoms. The molecule has 1 saturated heterocycles. The zero-order valence-corrected chi connectivity index (χ0v) is 17.6. The van der Waals surface area contributed by atoms with E-state index >= 15 is 0 Å². The summed E-state index contributed by atoms with van der Waals surface area (Å²) in [5.74, 6) is 0.233. The summed E-state index contributed by atoms with van der Waals surface area (Å²) in [5.41, 5.74) is 0.490. The largest absolute Gasteiger partial charge is 0.347 e. The molecule has 0 aromatic heterocycles. The molecule has 3 amide bonds. The third-order valence-electron chi connectivity index (χ3n) is 5.88. The van der Waals surface area contributed by atoms with E-state index in [1.165, 1.54) is 19.3 Å². The second-order valence-corrected chi connectivity index (χ2v) is 8.40. The Morgan fingerprint density at radius 2 is 1.62 bits per heavy atom. The molecule has 1 aromatic rings. The van der Waals surface area contributed by atoms with Crippen LogP contribution in [0.5, 0.6) is 0 Å². The SMILES string of the molecule is O=C(CC1CCCCC1)NCC(=O)N1CCCN(C(=O)c2ccccc2Cl)CC1. The van der Waals surface area contributed by atoms with Gasteiger partial charge in [-0.3, -0.25) is 14.4 Å². The van der Waals surface area contributed by atoms with Gasteiger partial charge in [0.1, 0.15) is 0 Å². The third-order valence-corrected chi connectivity index (χ3v) is 6.21. The molecule has 29 heavy (non-hydrogen) atoms. The van der Waals surface area contributed by atoms with Gasteiger partial charge in [0.15, 0.2) is 0 Å². The Hall–Kier alpha value is -2.08. The number of nitrogens with one attached hydrogen (secondary N) is 1. The predicted molar refractivity (Wildman–Crippen MR) is 113 cm³/mol. The average molecular weight is 420 g/mol. The molecule has 0 atom stereocenters. The lowest BCUT2D eigenvalue weighted by molar-refractivity contribution is -0.133. The molecule has 7 heteroatoms. The average Bonchev–Trinajstić information content (AvgIpc) is 2.99. The van der Waals surface area contributed by atoms with E-state index in [9.17, 15) is 14.4 Å². The maximum atomic E-state index is 12.7. The van der Waals surface area contributed by atoms with Crippen molar-refractivity contribution in [3.8, 4) is 0 Å². The summed E-state index contributed by atoms with van der Waals surface area (Å²) in [6.07, 6.45) is 7.13. The molecule has 0 unspecified atom stereocenters. The number of nitrogens with zero attached hydrogens (tertiary/aromatic N) is 2. The van der Waals surface area contributed by atoms with Crippen LogP contribution in [0.1, 0.15) is 55.3 Å². The maximum absolute atomic E-state index is 12.7. The molecule has 1 heterocycles. The van der Waals surface area contributed by atoms with Gasteiger partial charge in [0.05, 0.1) is 17.1 Å². The number of hydrogen-bond acceptors (Lipinski definition) is 3. The number of hydrogen-bond donors (Lipinski definition) is 1. The van der Waals surface area contributed by atoms with Crippen molar-refractivity contribution in [1.29, 1.82) is 0 Å². The Morgan fingerprint density at radius 3 is 2.38 bits per heavy atom. The van der Waals surface area contributed by atoms with Gasteiger partial charge < -0.3 is 15.1 Å². The maximum Gasteiger partial charge on any atom is 0.255 e. The van der Waals surface area contributed by atoms with Gasteiger partial charge in [0, 0.05) is 32.6 Å². The normalized spacial score (nSPS) is 18.2. The lowest BCUT2D eigenvalue weighted by atomic mass is 9.87. The fraction of sp³-hybridized carbons (Fsp3) is 0.591. The molecule has 1 aliphatic heterocycles. The molecule has 3 rings (SSSR count). The van der Waals surface area contributed by atoms with Crippen LogP contribution in [0.25, 0.3) is 0 Å². The first-order valence-electron chi connectivity index (χ1n) is 10.6. The molecule has 2 fully saturated rings. The summed E-state index contributed by atoms with van der Waals surface area (Å²) in [6.45, 7) is 2.13. The molecule has 0 spiro atoms. The molecule has 1 aliphatic carbocycles. The van der Waals surface area contributed by atoms with Gasteiger partial charge >= 0.3 is 0 Å². The van der Waals surface area contributed by atoms with E-state index in [4.69, 9.17) is 11.6 Å². The molecule has 0 radical (unpaired) electrons. The number of carbonyl (C=O) groups is 3. The van der Waals surface area contributed by atoms with Gasteiger partial charge in [-0.05, 0) is 37.3 Å². The summed E-state index contributed by atoms with van der Waals surface area (Å²) < 4.78 is 0. The quantitative estimate of drug-likeness (QED) is 0.797. The minimum atomic E-state index is -0.106. The topological polar surface area (TPSA) is 69.7 Å². The lowest BCUT2D eigenvalue weighted by Crippen LogP contribution is -2.42. The van der Waals surface area contributed by atoms with Crippen molar-refractivity contribution in [1.82, 2.24) is 15.1 Å². The zero-order chi connectivity index (χ0) is 20.6. The van der Waals surface area contributed by atoms with Crippen LogP contribution in [-0.2, 0) is 9.59 Å². The standard InChI is InChI=1S/C22H30ClN3O3/c23-19-10-5-4-9-18(19)22(29)26-12-6-11-25(13-14-26)21(28)16-24-20(27)15-17-7-2-1-3-8-17/h4-5,9-10,17H,1-3,6-8,11-16H2,(H,24,27). The first-order valence-corrected chi connectivity index (χ1v) is 11.0. The Labute approximate surface area is 177 Å². The van der Waals surface area contributed by atoms with Crippen LogP contribution in [0.15, 0.2) is 24.3 Å². The van der Waals surface area contributed by atoms with Gasteiger partial charge in [0.2, 0.25) is 11.8 Å². The van der Waals surface area contributed by atoms with E-state index in [-0.39, 0.29) is 24.3 Å². The zero-order valence-electron chi connectivity index (χ0n) is 16.9. The molecular weight excluding hydrogens is 390 g/mol. The van der Waals surface area contributed by atoms with E-state index in [0.29, 0.717) is 55.5 Å². The second kappa shape index (κ2) is 10.6. The number of carbonyl (C=O) groups excluding carboxylic acids is 3. The van der Waals surface area contributed by atoms with Crippen molar-refractivity contribution >= 4 is 29.3 Å². The Balaban J connectivity index is 1.45. The Kier molecular flexibility index (Phi) is 7.92. The first-order chi connectivity index (χ1) is 14.0. The van der Waals surface area contributed by atoms with Crippen molar-refractivity contribution in [3.05, 3.63) is 34.9 Å². The van der Waals surface area contributed by atoms with E-state index in [1.54, 1.807) is 34.1 Å². The number of halogens is 1. The highest BCUT2D eigenvalue weighted by Crippen LogP contribution is 2.26. The first kappa shape index (κ1) is 21.6. The van der Waals surface area contributed by atoms with Gasteiger partial charge in [-0.25, -0.2) is 0 Å². The van der Waals surface area contributed by atoms with Crippen LogP contribution in [0, 0.1) is 5.92 Å². The summed E-state index contributed by atoms with van der Waals surface area (Å²) >= 11 is 6.15. The van der Waals surface area contributed by atoms with Crippen molar-refractivity contribution in [2.75, 3.05) is 32.7 Å². The minimum Gasteiger partial charge on any atom is -0.347 e. The van der Waals surface area contributed by atoms with Crippen molar-refractivity contribution in [3.63, 3.8) is 0 Å². The van der Waals surface area contributed by atoms with Crippen LogP contribution >= 0.6 is 11.6 Å². The smallest absolute Gasteiger partial charge is 0.255 e. The van der Waals surface area contributed by atoms with Gasteiger partial charge in [0.25, 0.3) is 5.91 Å². The summed E-state index contributed by atoms with van der Waals surface area (Å²) in [4.78, 5) is 40.9. The van der Waals surface area contributed by atoms with Crippen molar-refractivity contribution in [2.45, 2.75) is 44.9 Å². The number of rotatable bonds is 5. The highest BCUT2D eigenvalue weighted by Gasteiger charge is 2.24. The van der Waals surface area contributed by atoms with Gasteiger partial charge in [-0.15, -0.1) is 0 Å². The predicted octanol–water partition coefficient (Wildman–Crippen LogP) is 3.10. The van der Waals surface area contributed by atoms with Gasteiger partial charge in [-0.2, -0.15) is 0 Å². The van der Waals surface area contributed by atoms with Gasteiger partial charge in [-0.1, -0.05) is 43.0 Å². The van der Waals surface area contributed by atoms with Crippen LogP contribution in [0.4, 0.5) is 0 Å². The highest BCUT2D eigenvalue weighted by atomic mass is 35.5. The lowest BCUT2D eigenvalue weighted by Gasteiger charge is -2.23. The molecule has 1 N–H and O–H groups in total. The van der Waals surface area contributed by atoms with E-state index in [2.05, 4.69) is 5.32 Å². The second-order valence-electron chi connectivity index (χ2n) is 7.99. The fourth-order valence-electron chi connectivity index (χ4n) is 4.19. The molecule has 2 aliphatic rings. The van der Waals surface area contributed by atoms with Crippen molar-refractivity contribution < 1.29 is 14.4 Å². The molecule has 1 saturated carbocycles. The molecule has 6 nitrogen and oxygen atoms in total. The molecule has 158 valence electrons.